The summed E-state index contributed by atoms with van der Waals surface area (Å²) in [4.78, 5) is 28.5. The number of hydrogen-bond acceptors (Lipinski definition) is 3. The van der Waals surface area contributed by atoms with Gasteiger partial charge in [0.25, 0.3) is 0 Å². The molecule has 3 aliphatic rings. The van der Waals surface area contributed by atoms with Crippen molar-refractivity contribution >= 4 is 11.8 Å². The molecule has 2 saturated heterocycles. The summed E-state index contributed by atoms with van der Waals surface area (Å²) in [5.74, 6) is 0.214. The minimum absolute atomic E-state index is 0.123. The topological polar surface area (TPSA) is 49.9 Å². The van der Waals surface area contributed by atoms with E-state index in [4.69, 9.17) is 4.74 Å². The molecule has 112 valence electrons. The van der Waals surface area contributed by atoms with E-state index >= 15 is 0 Å². The molecule has 5 nitrogen and oxygen atoms in total. The third-order valence-electron chi connectivity index (χ3n) is 4.85. The summed E-state index contributed by atoms with van der Waals surface area (Å²) in [5.41, 5.74) is 0. The zero-order chi connectivity index (χ0) is 13.9. The van der Waals surface area contributed by atoms with Gasteiger partial charge in [0.15, 0.2) is 0 Å². The summed E-state index contributed by atoms with van der Waals surface area (Å²) >= 11 is 0. The first kappa shape index (κ1) is 13.9. The van der Waals surface area contributed by atoms with Crippen molar-refractivity contribution in [2.24, 2.45) is 5.92 Å². The van der Waals surface area contributed by atoms with Gasteiger partial charge in [0.2, 0.25) is 11.8 Å². The van der Waals surface area contributed by atoms with Gasteiger partial charge in [-0.15, -0.1) is 0 Å². The highest BCUT2D eigenvalue weighted by molar-refractivity contribution is 5.89. The van der Waals surface area contributed by atoms with E-state index in [1.807, 2.05) is 9.80 Å². The molecule has 1 saturated carbocycles. The van der Waals surface area contributed by atoms with Crippen molar-refractivity contribution in [3.8, 4) is 0 Å². The van der Waals surface area contributed by atoms with Gasteiger partial charge in [-0.25, -0.2) is 0 Å². The van der Waals surface area contributed by atoms with Gasteiger partial charge in [0.05, 0.1) is 19.1 Å². The van der Waals surface area contributed by atoms with Gasteiger partial charge in [-0.05, 0) is 12.8 Å². The van der Waals surface area contributed by atoms with Crippen LogP contribution in [0, 0.1) is 5.92 Å². The number of amides is 2. The highest BCUT2D eigenvalue weighted by Crippen LogP contribution is 2.29. The molecule has 0 aromatic carbocycles. The van der Waals surface area contributed by atoms with Crippen LogP contribution in [-0.4, -0.2) is 60.5 Å². The van der Waals surface area contributed by atoms with Crippen molar-refractivity contribution in [3.05, 3.63) is 0 Å². The molecule has 0 bridgehead atoms. The Labute approximate surface area is 120 Å². The first-order valence-corrected chi connectivity index (χ1v) is 7.91. The van der Waals surface area contributed by atoms with Crippen molar-refractivity contribution in [2.75, 3.05) is 32.8 Å². The van der Waals surface area contributed by atoms with Crippen LogP contribution in [0.15, 0.2) is 0 Å². The number of nitrogens with zero attached hydrogens (tertiary/aromatic N) is 2. The normalized spacial score (nSPS) is 29.0. The van der Waals surface area contributed by atoms with E-state index < -0.39 is 0 Å². The van der Waals surface area contributed by atoms with E-state index in [2.05, 4.69) is 0 Å². The lowest BCUT2D eigenvalue weighted by atomic mass is 9.94. The molecule has 1 atom stereocenters. The fourth-order valence-corrected chi connectivity index (χ4v) is 3.68. The minimum Gasteiger partial charge on any atom is -0.378 e. The molecule has 2 aliphatic heterocycles. The fourth-order valence-electron chi connectivity index (χ4n) is 3.68. The molecule has 0 spiro atoms. The lowest BCUT2D eigenvalue weighted by molar-refractivity contribution is -0.139. The van der Waals surface area contributed by atoms with Crippen molar-refractivity contribution in [3.63, 3.8) is 0 Å². The first-order chi connectivity index (χ1) is 9.75. The Bertz CT molecular complexity index is 373. The molecule has 20 heavy (non-hydrogen) atoms. The average molecular weight is 280 g/mol. The molecule has 0 aromatic heterocycles. The van der Waals surface area contributed by atoms with Gasteiger partial charge in [-0.3, -0.25) is 9.59 Å². The highest BCUT2D eigenvalue weighted by atomic mass is 16.5. The Kier molecular flexibility index (Phi) is 4.24. The first-order valence-electron chi connectivity index (χ1n) is 7.91. The van der Waals surface area contributed by atoms with Crippen LogP contribution in [-0.2, 0) is 14.3 Å². The molecule has 5 heteroatoms. The number of morpholine rings is 1. The Morgan fingerprint density at radius 1 is 1.10 bits per heavy atom. The molecule has 0 aromatic rings. The van der Waals surface area contributed by atoms with Crippen LogP contribution < -0.4 is 0 Å². The second-order valence-electron chi connectivity index (χ2n) is 6.18. The van der Waals surface area contributed by atoms with Gasteiger partial charge < -0.3 is 14.5 Å². The number of carbonyl (C=O) groups excluding carboxylic acids is 2. The smallest absolute Gasteiger partial charge is 0.228 e. The average Bonchev–Trinajstić information content (AvgIpc) is 2.90. The molecule has 0 N–H and O–H groups in total. The van der Waals surface area contributed by atoms with Crippen LogP contribution in [0.3, 0.4) is 0 Å². The zero-order valence-corrected chi connectivity index (χ0v) is 12.1. The summed E-state index contributed by atoms with van der Waals surface area (Å²) in [6.45, 7) is 3.23. The molecule has 2 amide bonds. The number of carbonyl (C=O) groups is 2. The van der Waals surface area contributed by atoms with Crippen LogP contribution in [0.4, 0.5) is 0 Å². The Balaban J connectivity index is 1.59. The summed E-state index contributed by atoms with van der Waals surface area (Å²) in [7, 11) is 0. The molecule has 0 unspecified atom stereocenters. The van der Waals surface area contributed by atoms with Crippen LogP contribution >= 0.6 is 0 Å². The number of ether oxygens (including phenoxy) is 1. The predicted molar refractivity (Wildman–Crippen MR) is 74.1 cm³/mol. The van der Waals surface area contributed by atoms with E-state index in [0.29, 0.717) is 45.3 Å². The van der Waals surface area contributed by atoms with Gasteiger partial charge in [-0.1, -0.05) is 19.3 Å². The van der Waals surface area contributed by atoms with E-state index in [0.717, 1.165) is 12.8 Å². The van der Waals surface area contributed by atoms with Crippen molar-refractivity contribution < 1.29 is 14.3 Å². The number of likely N-dealkylation sites (tertiary alicyclic amines) is 1. The van der Waals surface area contributed by atoms with Crippen molar-refractivity contribution in [1.82, 2.24) is 9.80 Å². The molecule has 2 heterocycles. The lowest BCUT2D eigenvalue weighted by Crippen LogP contribution is -2.45. The van der Waals surface area contributed by atoms with Gasteiger partial charge in [0, 0.05) is 32.1 Å². The van der Waals surface area contributed by atoms with Crippen molar-refractivity contribution in [2.45, 2.75) is 44.6 Å². The lowest BCUT2D eigenvalue weighted by Gasteiger charge is -2.32. The minimum atomic E-state index is -0.123. The quantitative estimate of drug-likeness (QED) is 0.759. The maximum absolute atomic E-state index is 12.5. The third kappa shape index (κ3) is 2.82. The maximum Gasteiger partial charge on any atom is 0.228 e. The van der Waals surface area contributed by atoms with Crippen molar-refractivity contribution in [1.29, 1.82) is 0 Å². The fraction of sp³-hybridized carbons (Fsp3) is 0.867. The standard InChI is InChI=1S/C15H24N2O3/c18-14-10-12(15(19)16-6-8-20-9-7-16)11-17(14)13-4-2-1-3-5-13/h12-13H,1-11H2/t12-/m0/s1. The predicted octanol–water partition coefficient (Wildman–Crippen LogP) is 1.03. The summed E-state index contributed by atoms with van der Waals surface area (Å²) in [5, 5.41) is 0. The van der Waals surface area contributed by atoms with E-state index in [1.165, 1.54) is 19.3 Å². The number of hydrogen-bond donors (Lipinski definition) is 0. The van der Waals surface area contributed by atoms with Gasteiger partial charge in [0.1, 0.15) is 0 Å². The number of rotatable bonds is 2. The largest absolute Gasteiger partial charge is 0.378 e. The van der Waals surface area contributed by atoms with Crippen LogP contribution in [0.5, 0.6) is 0 Å². The summed E-state index contributed by atoms with van der Waals surface area (Å²) < 4.78 is 5.28. The van der Waals surface area contributed by atoms with E-state index in [9.17, 15) is 9.59 Å². The molecular formula is C15H24N2O3. The monoisotopic (exact) mass is 280 g/mol. The van der Waals surface area contributed by atoms with Crippen LogP contribution in [0.1, 0.15) is 38.5 Å². The zero-order valence-electron chi connectivity index (χ0n) is 12.1. The molecule has 3 rings (SSSR count). The summed E-state index contributed by atoms with van der Waals surface area (Å²) in [6.07, 6.45) is 6.36. The molecule has 1 aliphatic carbocycles. The Morgan fingerprint density at radius 2 is 1.80 bits per heavy atom. The Hall–Kier alpha value is -1.10. The van der Waals surface area contributed by atoms with Gasteiger partial charge >= 0.3 is 0 Å². The van der Waals surface area contributed by atoms with E-state index in [1.54, 1.807) is 0 Å². The molecule has 3 fully saturated rings. The third-order valence-corrected chi connectivity index (χ3v) is 4.85. The second-order valence-corrected chi connectivity index (χ2v) is 6.18. The Morgan fingerprint density at radius 3 is 2.50 bits per heavy atom. The van der Waals surface area contributed by atoms with E-state index in [-0.39, 0.29) is 17.7 Å². The second kappa shape index (κ2) is 6.12. The molecular weight excluding hydrogens is 256 g/mol. The maximum atomic E-state index is 12.5. The SMILES string of the molecule is O=C([C@H]1CC(=O)N(C2CCCCC2)C1)N1CCOCC1. The van der Waals surface area contributed by atoms with Crippen LogP contribution in [0.25, 0.3) is 0 Å². The van der Waals surface area contributed by atoms with Crippen LogP contribution in [0.2, 0.25) is 0 Å². The highest BCUT2D eigenvalue weighted by Gasteiger charge is 2.39. The molecule has 0 radical (unpaired) electrons. The summed E-state index contributed by atoms with van der Waals surface area (Å²) in [6, 6.07) is 0.388. The van der Waals surface area contributed by atoms with Gasteiger partial charge in [-0.2, -0.15) is 0 Å².